The largest absolute Gasteiger partial charge is 0.455 e. The number of amides is 1. The molecule has 7 nitrogen and oxygen atoms in total. The van der Waals surface area contributed by atoms with E-state index in [-0.39, 0.29) is 11.7 Å². The maximum atomic E-state index is 12.6. The molecule has 0 radical (unpaired) electrons. The molecule has 0 bridgehead atoms. The first kappa shape index (κ1) is 20.6. The maximum absolute atomic E-state index is 12.6. The first-order valence-electron chi connectivity index (χ1n) is 8.96. The summed E-state index contributed by atoms with van der Waals surface area (Å²) >= 11 is 13.9. The Kier molecular flexibility index (Phi) is 6.17. The van der Waals surface area contributed by atoms with E-state index in [1.165, 1.54) is 11.8 Å². The van der Waals surface area contributed by atoms with E-state index in [2.05, 4.69) is 15.4 Å². The second-order valence-electron chi connectivity index (χ2n) is 6.42. The molecule has 0 atom stereocenters. The van der Waals surface area contributed by atoms with Crippen LogP contribution in [0.15, 0.2) is 64.6 Å². The number of imidazole rings is 1. The van der Waals surface area contributed by atoms with Crippen LogP contribution in [0.5, 0.6) is 0 Å². The quantitative estimate of drug-likeness (QED) is 0.386. The minimum atomic E-state index is -0.359. The van der Waals surface area contributed by atoms with E-state index in [4.69, 9.17) is 27.6 Å². The number of carbonyl (C=O) groups is 1. The van der Waals surface area contributed by atoms with Gasteiger partial charge in [-0.05, 0) is 23.8 Å². The lowest BCUT2D eigenvalue weighted by Gasteiger charge is -2.10. The Balaban J connectivity index is 1.41. The van der Waals surface area contributed by atoms with Crippen molar-refractivity contribution in [3.63, 3.8) is 0 Å². The minimum Gasteiger partial charge on any atom is -0.455 e. The monoisotopic (exact) mass is 461 g/mol. The van der Waals surface area contributed by atoms with E-state index < -0.39 is 0 Å². The average molecular weight is 462 g/mol. The molecule has 3 aromatic heterocycles. The highest BCUT2D eigenvalue weighted by atomic mass is 35.5. The molecule has 0 fully saturated rings. The Hall–Kier alpha value is -2.68. The second kappa shape index (κ2) is 8.99. The van der Waals surface area contributed by atoms with Crippen LogP contribution in [0, 0.1) is 0 Å². The Bertz CT molecular complexity index is 1180. The van der Waals surface area contributed by atoms with Gasteiger partial charge in [0.15, 0.2) is 10.9 Å². The Labute approximate surface area is 187 Å². The molecule has 1 amide bonds. The standard InChI is InChI=1S/C20H17Cl2N5O2S/c1-26-10-9-23-20(26)30-12-14-5-6-16(29-14)19(28)25-17-7-8-24-27(17)11-13-3-2-4-15(21)18(13)22/h2-10H,11-12H2,1H3,(H,25,28). The van der Waals surface area contributed by atoms with Crippen molar-refractivity contribution in [2.45, 2.75) is 17.5 Å². The van der Waals surface area contributed by atoms with Crippen LogP contribution in [0.2, 0.25) is 10.0 Å². The van der Waals surface area contributed by atoms with E-state index in [0.717, 1.165) is 10.7 Å². The normalized spacial score (nSPS) is 11.0. The summed E-state index contributed by atoms with van der Waals surface area (Å²) in [6.07, 6.45) is 5.22. The highest BCUT2D eigenvalue weighted by Gasteiger charge is 2.15. The lowest BCUT2D eigenvalue weighted by atomic mass is 10.2. The van der Waals surface area contributed by atoms with Crippen LogP contribution in [0.25, 0.3) is 0 Å². The molecule has 0 aliphatic rings. The van der Waals surface area contributed by atoms with Crippen LogP contribution in [0.3, 0.4) is 0 Å². The number of hydrogen-bond donors (Lipinski definition) is 1. The Morgan fingerprint density at radius 3 is 2.87 bits per heavy atom. The summed E-state index contributed by atoms with van der Waals surface area (Å²) in [6, 6.07) is 10.5. The molecule has 4 aromatic rings. The van der Waals surface area contributed by atoms with Crippen molar-refractivity contribution in [3.8, 4) is 0 Å². The predicted molar refractivity (Wildman–Crippen MR) is 117 cm³/mol. The van der Waals surface area contributed by atoms with Gasteiger partial charge in [-0.25, -0.2) is 9.67 Å². The number of anilines is 1. The summed E-state index contributed by atoms with van der Waals surface area (Å²) in [5.74, 6) is 1.65. The van der Waals surface area contributed by atoms with E-state index in [1.54, 1.807) is 41.3 Å². The molecule has 3 heterocycles. The van der Waals surface area contributed by atoms with Crippen molar-refractivity contribution in [1.29, 1.82) is 0 Å². The van der Waals surface area contributed by atoms with Gasteiger partial charge in [-0.3, -0.25) is 4.79 Å². The van der Waals surface area contributed by atoms with Crippen LogP contribution >= 0.6 is 35.0 Å². The number of nitrogens with one attached hydrogen (secondary N) is 1. The maximum Gasteiger partial charge on any atom is 0.292 e. The molecule has 0 aliphatic heterocycles. The number of rotatable bonds is 7. The fourth-order valence-corrected chi connectivity index (χ4v) is 3.99. The average Bonchev–Trinajstić information content (AvgIpc) is 3.46. The molecule has 1 N–H and O–H groups in total. The van der Waals surface area contributed by atoms with E-state index >= 15 is 0 Å². The number of benzene rings is 1. The summed E-state index contributed by atoms with van der Waals surface area (Å²) < 4.78 is 9.25. The lowest BCUT2D eigenvalue weighted by molar-refractivity contribution is 0.0994. The number of thioether (sulfide) groups is 1. The molecule has 0 unspecified atom stereocenters. The zero-order valence-corrected chi connectivity index (χ0v) is 18.2. The summed E-state index contributed by atoms with van der Waals surface area (Å²) in [6.45, 7) is 0.367. The van der Waals surface area contributed by atoms with Gasteiger partial charge >= 0.3 is 0 Å². The summed E-state index contributed by atoms with van der Waals surface area (Å²) in [7, 11) is 1.93. The number of furan rings is 1. The molecule has 0 saturated heterocycles. The molecular weight excluding hydrogens is 445 g/mol. The number of nitrogens with zero attached hydrogens (tertiary/aromatic N) is 4. The second-order valence-corrected chi connectivity index (χ2v) is 8.14. The Morgan fingerprint density at radius 2 is 2.07 bits per heavy atom. The zero-order chi connectivity index (χ0) is 21.1. The topological polar surface area (TPSA) is 77.9 Å². The van der Waals surface area contributed by atoms with Gasteiger partial charge < -0.3 is 14.3 Å². The predicted octanol–water partition coefficient (Wildman–Crippen LogP) is 5.11. The SMILES string of the molecule is Cn1ccnc1SCc1ccc(C(=O)Nc2ccnn2Cc2cccc(Cl)c2Cl)o1. The van der Waals surface area contributed by atoms with Gasteiger partial charge in [0.05, 0.1) is 28.5 Å². The molecule has 0 spiro atoms. The highest BCUT2D eigenvalue weighted by Crippen LogP contribution is 2.27. The van der Waals surface area contributed by atoms with Crippen molar-refractivity contribution in [1.82, 2.24) is 19.3 Å². The molecule has 10 heteroatoms. The van der Waals surface area contributed by atoms with E-state index in [9.17, 15) is 4.79 Å². The molecule has 30 heavy (non-hydrogen) atoms. The molecule has 1 aromatic carbocycles. The third kappa shape index (κ3) is 4.56. The van der Waals surface area contributed by atoms with Gasteiger partial charge in [-0.2, -0.15) is 5.10 Å². The fourth-order valence-electron chi connectivity index (χ4n) is 2.78. The molecule has 0 aliphatic carbocycles. The summed E-state index contributed by atoms with van der Waals surface area (Å²) in [5.41, 5.74) is 0.801. The number of hydrogen-bond acceptors (Lipinski definition) is 5. The molecule has 154 valence electrons. The van der Waals surface area contributed by atoms with Crippen LogP contribution in [0.4, 0.5) is 5.82 Å². The third-order valence-corrected chi connectivity index (χ3v) is 6.25. The molecule has 4 rings (SSSR count). The smallest absolute Gasteiger partial charge is 0.292 e. The Morgan fingerprint density at radius 1 is 1.20 bits per heavy atom. The third-order valence-electron chi connectivity index (χ3n) is 4.32. The summed E-state index contributed by atoms with van der Waals surface area (Å²) in [4.78, 5) is 16.9. The zero-order valence-electron chi connectivity index (χ0n) is 15.9. The van der Waals surface area contributed by atoms with Gasteiger partial charge in [0, 0.05) is 25.5 Å². The number of aryl methyl sites for hydroxylation is 1. The molecular formula is C20H17Cl2N5O2S. The van der Waals surface area contributed by atoms with E-state index in [0.29, 0.717) is 33.9 Å². The van der Waals surface area contributed by atoms with Crippen molar-refractivity contribution < 1.29 is 9.21 Å². The highest BCUT2D eigenvalue weighted by molar-refractivity contribution is 7.98. The van der Waals surface area contributed by atoms with Gasteiger partial charge in [-0.1, -0.05) is 47.1 Å². The van der Waals surface area contributed by atoms with Gasteiger partial charge in [0.1, 0.15) is 11.6 Å². The van der Waals surface area contributed by atoms with Crippen LogP contribution in [-0.2, 0) is 19.3 Å². The van der Waals surface area contributed by atoms with Crippen LogP contribution in [-0.4, -0.2) is 25.2 Å². The van der Waals surface area contributed by atoms with Crippen molar-refractivity contribution in [2.24, 2.45) is 7.05 Å². The molecule has 0 saturated carbocycles. The number of halogens is 2. The lowest BCUT2D eigenvalue weighted by Crippen LogP contribution is -2.15. The van der Waals surface area contributed by atoms with Crippen LogP contribution in [0.1, 0.15) is 21.9 Å². The van der Waals surface area contributed by atoms with Crippen molar-refractivity contribution in [3.05, 3.63) is 82.1 Å². The first-order chi connectivity index (χ1) is 14.5. The fraction of sp³-hybridized carbons (Fsp3) is 0.150. The van der Waals surface area contributed by atoms with Gasteiger partial charge in [-0.15, -0.1) is 0 Å². The minimum absolute atomic E-state index is 0.221. The number of carbonyl (C=O) groups excluding carboxylic acids is 1. The van der Waals surface area contributed by atoms with Crippen molar-refractivity contribution >= 4 is 46.7 Å². The first-order valence-corrected chi connectivity index (χ1v) is 10.7. The van der Waals surface area contributed by atoms with Gasteiger partial charge in [0.2, 0.25) is 0 Å². The van der Waals surface area contributed by atoms with Crippen molar-refractivity contribution in [2.75, 3.05) is 5.32 Å². The summed E-state index contributed by atoms with van der Waals surface area (Å²) in [5, 5.41) is 8.89. The van der Waals surface area contributed by atoms with E-state index in [1.807, 2.05) is 29.9 Å². The van der Waals surface area contributed by atoms with Crippen LogP contribution < -0.4 is 5.32 Å². The number of aromatic nitrogens is 4. The van der Waals surface area contributed by atoms with Gasteiger partial charge in [0.25, 0.3) is 5.91 Å².